The average molecular weight is 621 g/mol. The summed E-state index contributed by atoms with van der Waals surface area (Å²) in [4.78, 5) is 24.5. The number of nitrogens with zero attached hydrogens (tertiary/aromatic N) is 4. The summed E-state index contributed by atoms with van der Waals surface area (Å²) in [6, 6.07) is 19.2. The summed E-state index contributed by atoms with van der Waals surface area (Å²) in [6.45, 7) is 2.69. The second kappa shape index (κ2) is 14.3. The molecule has 0 bridgehead atoms. The molecule has 1 aliphatic rings. The number of aromatic nitrogens is 3. The predicted molar refractivity (Wildman–Crippen MR) is 176 cm³/mol. The van der Waals surface area contributed by atoms with E-state index in [9.17, 15) is 9.18 Å². The Morgan fingerprint density at radius 2 is 1.81 bits per heavy atom. The van der Waals surface area contributed by atoms with Crippen molar-refractivity contribution in [1.82, 2.24) is 19.9 Å². The third-order valence-corrected chi connectivity index (χ3v) is 9.26. The van der Waals surface area contributed by atoms with Crippen LogP contribution < -0.4 is 15.5 Å². The lowest BCUT2D eigenvalue weighted by molar-refractivity contribution is 0.0926. The number of carbonyl (C=O) groups is 1. The van der Waals surface area contributed by atoms with Gasteiger partial charge in [-0.05, 0) is 62.4 Å². The number of benzene rings is 2. The van der Waals surface area contributed by atoms with Gasteiger partial charge in [0.05, 0.1) is 5.56 Å². The fraction of sp³-hybridized carbons (Fsp3) is 0.364. The lowest BCUT2D eigenvalue weighted by atomic mass is 9.91. The Bertz CT molecular complexity index is 1520. The minimum Gasteiger partial charge on any atom is -0.363 e. The number of amides is 1. The molecule has 4 aromatic rings. The van der Waals surface area contributed by atoms with Gasteiger partial charge in [0.25, 0.3) is 5.91 Å². The van der Waals surface area contributed by atoms with E-state index in [0.717, 1.165) is 54.2 Å². The highest BCUT2D eigenvalue weighted by molar-refractivity contribution is 7.98. The summed E-state index contributed by atoms with van der Waals surface area (Å²) in [6.07, 6.45) is 5.40. The number of rotatable bonds is 11. The lowest BCUT2D eigenvalue weighted by Gasteiger charge is -2.29. The van der Waals surface area contributed by atoms with Crippen LogP contribution in [0.3, 0.4) is 0 Å². The smallest absolute Gasteiger partial charge is 0.253 e. The van der Waals surface area contributed by atoms with Crippen LogP contribution in [0.2, 0.25) is 5.02 Å². The van der Waals surface area contributed by atoms with Crippen LogP contribution >= 0.6 is 23.4 Å². The van der Waals surface area contributed by atoms with E-state index in [1.165, 1.54) is 6.07 Å². The summed E-state index contributed by atoms with van der Waals surface area (Å²) in [5, 5.41) is 7.21. The molecule has 7 nitrogen and oxygen atoms in total. The molecule has 0 atom stereocenters. The molecule has 2 heterocycles. The van der Waals surface area contributed by atoms with Crippen LogP contribution in [0.4, 0.5) is 16.2 Å². The van der Waals surface area contributed by atoms with E-state index < -0.39 is 0 Å². The van der Waals surface area contributed by atoms with Gasteiger partial charge in [-0.2, -0.15) is 16.7 Å². The summed E-state index contributed by atoms with van der Waals surface area (Å²) in [5.74, 6) is 2.42. The fourth-order valence-corrected chi connectivity index (χ4v) is 6.77. The molecule has 5 rings (SSSR count). The first-order valence-electron chi connectivity index (χ1n) is 14.6. The molecule has 43 heavy (non-hydrogen) atoms. The standard InChI is InChI=1S/C33H38ClFN6OS/c1-22-26(32(42)37-24-12-14-25(15-13-24)38-33-36-17-16-31(39-33)40(2)3)20-30(23-8-5-4-6-9-23)41(22)18-19-43-21-27-28(34)10-7-11-29(27)35/h4-11,16-17,20,24-25H,12-15,18-19,21H2,1-3H3,(H,37,42)(H,36,38,39)/t24-,25+. The zero-order valence-electron chi connectivity index (χ0n) is 24.8. The Morgan fingerprint density at radius 1 is 1.07 bits per heavy atom. The van der Waals surface area contributed by atoms with Crippen molar-refractivity contribution < 1.29 is 9.18 Å². The highest BCUT2D eigenvalue weighted by atomic mass is 35.5. The van der Waals surface area contributed by atoms with Gasteiger partial charge in [-0.3, -0.25) is 4.79 Å². The average Bonchev–Trinajstić information content (AvgIpc) is 3.34. The Balaban J connectivity index is 1.22. The van der Waals surface area contributed by atoms with Crippen LogP contribution in [0, 0.1) is 12.7 Å². The summed E-state index contributed by atoms with van der Waals surface area (Å²) >= 11 is 7.85. The topological polar surface area (TPSA) is 75.1 Å². The molecule has 0 saturated heterocycles. The van der Waals surface area contributed by atoms with Crippen molar-refractivity contribution in [2.75, 3.05) is 30.1 Å². The SMILES string of the molecule is Cc1c(C(=O)N[C@H]2CC[C@@H](Nc3nccc(N(C)C)n3)CC2)cc(-c2ccccc2)n1CCSCc1c(F)cccc1Cl. The molecule has 0 radical (unpaired) electrons. The molecule has 1 aliphatic carbocycles. The van der Waals surface area contributed by atoms with E-state index in [1.54, 1.807) is 30.1 Å². The predicted octanol–water partition coefficient (Wildman–Crippen LogP) is 7.20. The van der Waals surface area contributed by atoms with Gasteiger partial charge in [-0.1, -0.05) is 48.0 Å². The Morgan fingerprint density at radius 3 is 2.53 bits per heavy atom. The largest absolute Gasteiger partial charge is 0.363 e. The molecule has 0 aliphatic heterocycles. The minimum absolute atomic E-state index is 0.0438. The molecule has 1 amide bonds. The van der Waals surface area contributed by atoms with Crippen LogP contribution in [0.1, 0.15) is 47.3 Å². The quantitative estimate of drug-likeness (QED) is 0.173. The second-order valence-electron chi connectivity index (χ2n) is 11.1. The van der Waals surface area contributed by atoms with E-state index in [4.69, 9.17) is 11.6 Å². The molecular formula is C33H38ClFN6OS. The molecule has 2 aromatic heterocycles. The maximum absolute atomic E-state index is 14.2. The van der Waals surface area contributed by atoms with Gasteiger partial charge in [0.1, 0.15) is 11.6 Å². The summed E-state index contributed by atoms with van der Waals surface area (Å²) < 4.78 is 16.4. The summed E-state index contributed by atoms with van der Waals surface area (Å²) in [5.41, 5.74) is 4.20. The second-order valence-corrected chi connectivity index (χ2v) is 12.6. The van der Waals surface area contributed by atoms with Gasteiger partial charge in [-0.15, -0.1) is 0 Å². The van der Waals surface area contributed by atoms with Gasteiger partial charge in [0, 0.05) is 72.4 Å². The number of hydrogen-bond donors (Lipinski definition) is 2. The van der Waals surface area contributed by atoms with E-state index in [1.807, 2.05) is 56.3 Å². The third kappa shape index (κ3) is 7.70. The van der Waals surface area contributed by atoms with Gasteiger partial charge in [0.15, 0.2) is 0 Å². The molecular weight excluding hydrogens is 583 g/mol. The van der Waals surface area contributed by atoms with E-state index in [2.05, 4.69) is 37.3 Å². The van der Waals surface area contributed by atoms with Crippen molar-refractivity contribution in [3.8, 4) is 11.3 Å². The van der Waals surface area contributed by atoms with Crippen molar-refractivity contribution >= 4 is 41.0 Å². The minimum atomic E-state index is -0.280. The number of thioether (sulfide) groups is 1. The molecule has 2 aromatic carbocycles. The molecule has 0 spiro atoms. The zero-order valence-corrected chi connectivity index (χ0v) is 26.4. The number of hydrogen-bond acceptors (Lipinski definition) is 6. The van der Waals surface area contributed by atoms with Gasteiger partial charge in [-0.25, -0.2) is 9.37 Å². The fourth-order valence-electron chi connectivity index (χ4n) is 5.51. The first-order chi connectivity index (χ1) is 20.8. The summed E-state index contributed by atoms with van der Waals surface area (Å²) in [7, 11) is 3.92. The van der Waals surface area contributed by atoms with Crippen molar-refractivity contribution in [3.05, 3.63) is 94.5 Å². The highest BCUT2D eigenvalue weighted by Gasteiger charge is 2.25. The van der Waals surface area contributed by atoms with E-state index in [0.29, 0.717) is 34.4 Å². The molecule has 0 unspecified atom stereocenters. The first kappa shape index (κ1) is 30.9. The third-order valence-electron chi connectivity index (χ3n) is 7.94. The van der Waals surface area contributed by atoms with E-state index >= 15 is 0 Å². The Hall–Kier alpha value is -3.56. The van der Waals surface area contributed by atoms with Crippen LogP contribution in [-0.2, 0) is 12.3 Å². The zero-order chi connectivity index (χ0) is 30.3. The maximum Gasteiger partial charge on any atom is 0.253 e. The van der Waals surface area contributed by atoms with E-state index in [-0.39, 0.29) is 23.8 Å². The highest BCUT2D eigenvalue weighted by Crippen LogP contribution is 2.29. The molecule has 10 heteroatoms. The molecule has 2 N–H and O–H groups in total. The van der Waals surface area contributed by atoms with Crippen LogP contribution in [0.15, 0.2) is 66.9 Å². The van der Waals surface area contributed by atoms with Crippen molar-refractivity contribution in [1.29, 1.82) is 0 Å². The Kier molecular flexibility index (Phi) is 10.3. The number of halogens is 2. The van der Waals surface area contributed by atoms with Gasteiger partial charge >= 0.3 is 0 Å². The van der Waals surface area contributed by atoms with Crippen molar-refractivity contribution in [3.63, 3.8) is 0 Å². The Labute approximate surface area is 262 Å². The van der Waals surface area contributed by atoms with Gasteiger partial charge < -0.3 is 20.1 Å². The number of anilines is 2. The van der Waals surface area contributed by atoms with Crippen LogP contribution in [-0.4, -0.2) is 52.4 Å². The van der Waals surface area contributed by atoms with Crippen LogP contribution in [0.25, 0.3) is 11.3 Å². The molecule has 1 saturated carbocycles. The molecule has 226 valence electrons. The molecule has 1 fully saturated rings. The normalized spacial score (nSPS) is 16.6. The van der Waals surface area contributed by atoms with Gasteiger partial charge in [0.2, 0.25) is 5.95 Å². The maximum atomic E-state index is 14.2. The first-order valence-corrected chi connectivity index (χ1v) is 16.2. The van der Waals surface area contributed by atoms with Crippen LogP contribution in [0.5, 0.6) is 0 Å². The monoisotopic (exact) mass is 620 g/mol. The number of carbonyl (C=O) groups excluding carboxylic acids is 1. The van der Waals surface area contributed by atoms with Crippen molar-refractivity contribution in [2.24, 2.45) is 0 Å². The van der Waals surface area contributed by atoms with Crippen molar-refractivity contribution in [2.45, 2.75) is 57.0 Å². The lowest BCUT2D eigenvalue weighted by Crippen LogP contribution is -2.40. The number of nitrogens with one attached hydrogen (secondary N) is 2.